The average molecular weight is 489 g/mol. The maximum atomic E-state index is 13.3. The summed E-state index contributed by atoms with van der Waals surface area (Å²) in [5, 5.41) is 2.82. The SMILES string of the molecule is Cc1ccc(NC2=C(Sc3ccccc3)C(=O)N(c3cc(C(F)(F)F)ccc3Cl)C2=O)cc1. The van der Waals surface area contributed by atoms with Crippen LogP contribution < -0.4 is 10.2 Å². The van der Waals surface area contributed by atoms with Gasteiger partial charge in [0.05, 0.1) is 16.3 Å². The first kappa shape index (κ1) is 22.9. The van der Waals surface area contributed by atoms with Crippen LogP contribution in [0.2, 0.25) is 5.02 Å². The molecule has 0 aliphatic carbocycles. The Labute approximate surface area is 197 Å². The number of thioether (sulfide) groups is 1. The summed E-state index contributed by atoms with van der Waals surface area (Å²) < 4.78 is 39.9. The zero-order chi connectivity index (χ0) is 23.8. The van der Waals surface area contributed by atoms with Gasteiger partial charge >= 0.3 is 6.18 Å². The molecule has 1 aliphatic rings. The third kappa shape index (κ3) is 4.77. The van der Waals surface area contributed by atoms with Gasteiger partial charge in [0.15, 0.2) is 0 Å². The van der Waals surface area contributed by atoms with Crippen molar-refractivity contribution in [2.75, 3.05) is 10.2 Å². The molecule has 4 nitrogen and oxygen atoms in total. The minimum Gasteiger partial charge on any atom is -0.350 e. The Morgan fingerprint density at radius 3 is 2.21 bits per heavy atom. The second kappa shape index (κ2) is 8.96. The molecule has 0 aromatic heterocycles. The fourth-order valence-electron chi connectivity index (χ4n) is 3.18. The number of nitrogens with one attached hydrogen (secondary N) is 1. The van der Waals surface area contributed by atoms with E-state index < -0.39 is 23.6 Å². The lowest BCUT2D eigenvalue weighted by Gasteiger charge is -2.18. The fourth-order valence-corrected chi connectivity index (χ4v) is 4.33. The van der Waals surface area contributed by atoms with Gasteiger partial charge in [-0.05, 0) is 49.4 Å². The van der Waals surface area contributed by atoms with Crippen LogP contribution in [0.1, 0.15) is 11.1 Å². The standard InChI is InChI=1S/C24H16ClF3N2O2S/c1-14-7-10-16(11-8-14)29-20-21(33-17-5-3-2-4-6-17)23(32)30(22(20)31)19-13-15(24(26,27)28)9-12-18(19)25/h2-13,29H,1H3. The summed E-state index contributed by atoms with van der Waals surface area (Å²) in [5.41, 5.74) is 0.179. The highest BCUT2D eigenvalue weighted by atomic mass is 35.5. The number of anilines is 2. The zero-order valence-electron chi connectivity index (χ0n) is 17.1. The lowest BCUT2D eigenvalue weighted by Crippen LogP contribution is -2.33. The van der Waals surface area contributed by atoms with Crippen molar-refractivity contribution in [1.29, 1.82) is 0 Å². The first-order valence-corrected chi connectivity index (χ1v) is 10.9. The van der Waals surface area contributed by atoms with Crippen molar-refractivity contribution in [3.05, 3.63) is 99.5 Å². The van der Waals surface area contributed by atoms with Crippen molar-refractivity contribution in [2.45, 2.75) is 18.0 Å². The van der Waals surface area contributed by atoms with Gasteiger partial charge in [0, 0.05) is 10.6 Å². The van der Waals surface area contributed by atoms with Gasteiger partial charge in [0.2, 0.25) is 0 Å². The molecule has 0 spiro atoms. The third-order valence-corrected chi connectivity index (χ3v) is 6.25. The van der Waals surface area contributed by atoms with E-state index in [1.54, 1.807) is 42.5 Å². The zero-order valence-corrected chi connectivity index (χ0v) is 18.7. The smallest absolute Gasteiger partial charge is 0.350 e. The van der Waals surface area contributed by atoms with E-state index in [4.69, 9.17) is 11.6 Å². The van der Waals surface area contributed by atoms with Gasteiger partial charge < -0.3 is 5.32 Å². The highest BCUT2D eigenvalue weighted by molar-refractivity contribution is 8.04. The summed E-state index contributed by atoms with van der Waals surface area (Å²) in [7, 11) is 0. The van der Waals surface area contributed by atoms with Crippen molar-refractivity contribution in [2.24, 2.45) is 0 Å². The van der Waals surface area contributed by atoms with Crippen LogP contribution in [-0.4, -0.2) is 11.8 Å². The van der Waals surface area contributed by atoms with Crippen LogP contribution in [0.5, 0.6) is 0 Å². The molecule has 0 unspecified atom stereocenters. The van der Waals surface area contributed by atoms with Crippen molar-refractivity contribution in [3.8, 4) is 0 Å². The number of amides is 2. The Morgan fingerprint density at radius 2 is 1.58 bits per heavy atom. The van der Waals surface area contributed by atoms with E-state index in [0.717, 1.165) is 29.5 Å². The van der Waals surface area contributed by atoms with Crippen LogP contribution in [0.25, 0.3) is 0 Å². The molecular weight excluding hydrogens is 473 g/mol. The van der Waals surface area contributed by atoms with E-state index in [-0.39, 0.29) is 21.3 Å². The van der Waals surface area contributed by atoms with E-state index in [9.17, 15) is 22.8 Å². The van der Waals surface area contributed by atoms with Crippen molar-refractivity contribution in [1.82, 2.24) is 0 Å². The summed E-state index contributed by atoms with van der Waals surface area (Å²) in [6, 6.07) is 18.6. The molecule has 3 aromatic carbocycles. The predicted octanol–water partition coefficient (Wildman–Crippen LogP) is 6.66. The molecular formula is C24H16ClF3N2O2S. The summed E-state index contributed by atoms with van der Waals surface area (Å²) in [6.45, 7) is 1.90. The molecule has 2 amide bonds. The first-order chi connectivity index (χ1) is 15.6. The van der Waals surface area contributed by atoms with Crippen molar-refractivity contribution < 1.29 is 22.8 Å². The van der Waals surface area contributed by atoms with Gasteiger partial charge in [0.25, 0.3) is 11.8 Å². The largest absolute Gasteiger partial charge is 0.416 e. The summed E-state index contributed by atoms with van der Waals surface area (Å²) in [4.78, 5) is 28.1. The molecule has 1 heterocycles. The van der Waals surface area contributed by atoms with Gasteiger partial charge in [0.1, 0.15) is 10.6 Å². The molecule has 0 radical (unpaired) electrons. The topological polar surface area (TPSA) is 49.4 Å². The second-order valence-electron chi connectivity index (χ2n) is 7.22. The van der Waals surface area contributed by atoms with Crippen LogP contribution in [0.3, 0.4) is 0 Å². The molecule has 0 fully saturated rings. The molecule has 0 saturated carbocycles. The molecule has 168 valence electrons. The number of alkyl halides is 3. The quantitative estimate of drug-likeness (QED) is 0.408. The van der Waals surface area contributed by atoms with Crippen molar-refractivity contribution in [3.63, 3.8) is 0 Å². The lowest BCUT2D eigenvalue weighted by molar-refractivity contribution is -0.137. The van der Waals surface area contributed by atoms with E-state index in [0.29, 0.717) is 21.5 Å². The van der Waals surface area contributed by atoms with E-state index in [1.165, 1.54) is 0 Å². The fraction of sp³-hybridized carbons (Fsp3) is 0.0833. The molecule has 1 aliphatic heterocycles. The number of rotatable bonds is 5. The molecule has 0 saturated heterocycles. The number of carbonyl (C=O) groups is 2. The molecule has 0 atom stereocenters. The van der Waals surface area contributed by atoms with Gasteiger partial charge in [-0.25, -0.2) is 4.90 Å². The first-order valence-electron chi connectivity index (χ1n) is 9.71. The average Bonchev–Trinajstić information content (AvgIpc) is 2.99. The van der Waals surface area contributed by atoms with E-state index in [2.05, 4.69) is 5.32 Å². The highest BCUT2D eigenvalue weighted by Crippen LogP contribution is 2.41. The summed E-state index contributed by atoms with van der Waals surface area (Å²) >= 11 is 7.18. The lowest BCUT2D eigenvalue weighted by atomic mass is 10.2. The Morgan fingerprint density at radius 1 is 0.909 bits per heavy atom. The highest BCUT2D eigenvalue weighted by Gasteiger charge is 2.42. The van der Waals surface area contributed by atoms with Crippen LogP contribution >= 0.6 is 23.4 Å². The minimum absolute atomic E-state index is 0.0359. The van der Waals surface area contributed by atoms with Gasteiger partial charge in [-0.15, -0.1) is 0 Å². The second-order valence-corrected chi connectivity index (χ2v) is 8.71. The van der Waals surface area contributed by atoms with Crippen molar-refractivity contribution >= 4 is 46.6 Å². The Balaban J connectivity index is 1.78. The van der Waals surface area contributed by atoms with E-state index >= 15 is 0 Å². The Kier molecular flexibility index (Phi) is 6.23. The molecule has 3 aromatic rings. The number of imide groups is 1. The number of benzene rings is 3. The number of halogens is 4. The molecule has 33 heavy (non-hydrogen) atoms. The minimum atomic E-state index is -4.66. The third-order valence-electron chi connectivity index (χ3n) is 4.84. The van der Waals surface area contributed by atoms with Gasteiger partial charge in [-0.3, -0.25) is 9.59 Å². The maximum Gasteiger partial charge on any atom is 0.416 e. The molecule has 9 heteroatoms. The van der Waals surface area contributed by atoms with Crippen LogP contribution in [-0.2, 0) is 15.8 Å². The number of hydrogen-bond donors (Lipinski definition) is 1. The van der Waals surface area contributed by atoms with Crippen LogP contribution in [0, 0.1) is 6.92 Å². The van der Waals surface area contributed by atoms with E-state index in [1.807, 2.05) is 19.1 Å². The number of nitrogens with zero attached hydrogens (tertiary/aromatic N) is 1. The van der Waals surface area contributed by atoms with Crippen LogP contribution in [0.15, 0.2) is 88.3 Å². The predicted molar refractivity (Wildman–Crippen MR) is 123 cm³/mol. The van der Waals surface area contributed by atoms with Crippen LogP contribution in [0.4, 0.5) is 24.5 Å². The monoisotopic (exact) mass is 488 g/mol. The Hall–Kier alpha value is -3.23. The molecule has 1 N–H and O–H groups in total. The van der Waals surface area contributed by atoms with Gasteiger partial charge in [-0.1, -0.05) is 59.3 Å². The summed E-state index contributed by atoms with van der Waals surface area (Å²) in [5.74, 6) is -1.55. The number of hydrogen-bond acceptors (Lipinski definition) is 4. The number of aryl methyl sites for hydroxylation is 1. The summed E-state index contributed by atoms with van der Waals surface area (Å²) in [6.07, 6.45) is -4.66. The molecule has 4 rings (SSSR count). The normalized spacial score (nSPS) is 14.3. The Bertz CT molecular complexity index is 1260. The number of carbonyl (C=O) groups excluding carboxylic acids is 2. The maximum absolute atomic E-state index is 13.3. The van der Waals surface area contributed by atoms with Gasteiger partial charge in [-0.2, -0.15) is 13.2 Å². The molecule has 0 bridgehead atoms.